The van der Waals surface area contributed by atoms with Gasteiger partial charge in [-0.1, -0.05) is 6.07 Å². The molecule has 4 rings (SSSR count). The van der Waals surface area contributed by atoms with E-state index in [4.69, 9.17) is 4.74 Å². The summed E-state index contributed by atoms with van der Waals surface area (Å²) in [7, 11) is 1.71. The van der Waals surface area contributed by atoms with Crippen LogP contribution in [0.1, 0.15) is 20.8 Å². The fraction of sp³-hybridized carbons (Fsp3) is 0.238. The summed E-state index contributed by atoms with van der Waals surface area (Å²) in [6, 6.07) is 12.1. The van der Waals surface area contributed by atoms with Gasteiger partial charge in [-0.15, -0.1) is 0 Å². The minimum absolute atomic E-state index is 0.391. The number of fused-ring (bicyclic) bond motifs is 2. The molecule has 0 spiro atoms. The standard InChI is InChI=1S/C21H22N4O2/c1-21(2,3)27-20(26)24(4)16-6-8-19-23-12-18(25(19)13-16)15-5-7-17-14(11-15)9-10-22-17/h5-13,22H,1-4H3. The van der Waals surface area contributed by atoms with Crippen molar-refractivity contribution in [2.75, 3.05) is 11.9 Å². The zero-order valence-corrected chi connectivity index (χ0v) is 15.9. The SMILES string of the molecule is CN(C(=O)OC(C)(C)C)c1ccc2ncc(-c3ccc4[nH]ccc4c3)n2c1. The number of pyridine rings is 1. The third kappa shape index (κ3) is 3.26. The van der Waals surface area contributed by atoms with Crippen LogP contribution < -0.4 is 4.90 Å². The van der Waals surface area contributed by atoms with E-state index in [1.807, 2.05) is 62.0 Å². The molecule has 3 aromatic heterocycles. The molecule has 0 aliphatic rings. The number of imidazole rings is 1. The van der Waals surface area contributed by atoms with Gasteiger partial charge in [-0.25, -0.2) is 9.78 Å². The number of aromatic amines is 1. The van der Waals surface area contributed by atoms with Crippen LogP contribution in [0.5, 0.6) is 0 Å². The normalized spacial score (nSPS) is 11.9. The highest BCUT2D eigenvalue weighted by Gasteiger charge is 2.21. The second kappa shape index (κ2) is 6.16. The van der Waals surface area contributed by atoms with Crippen LogP contribution in [-0.2, 0) is 4.74 Å². The lowest BCUT2D eigenvalue weighted by atomic mass is 10.1. The van der Waals surface area contributed by atoms with Gasteiger partial charge in [-0.3, -0.25) is 9.30 Å². The lowest BCUT2D eigenvalue weighted by Crippen LogP contribution is -2.34. The van der Waals surface area contributed by atoms with E-state index < -0.39 is 11.7 Å². The van der Waals surface area contributed by atoms with Crippen LogP contribution in [0, 0.1) is 0 Å². The molecule has 4 aromatic rings. The minimum Gasteiger partial charge on any atom is -0.443 e. The molecule has 138 valence electrons. The first-order chi connectivity index (χ1) is 12.8. The van der Waals surface area contributed by atoms with E-state index in [1.165, 1.54) is 4.90 Å². The van der Waals surface area contributed by atoms with Gasteiger partial charge in [0, 0.05) is 35.9 Å². The molecule has 0 unspecified atom stereocenters. The molecular formula is C21H22N4O2. The van der Waals surface area contributed by atoms with E-state index in [9.17, 15) is 4.79 Å². The van der Waals surface area contributed by atoms with Crippen molar-refractivity contribution >= 4 is 28.3 Å². The Morgan fingerprint density at radius 1 is 1.19 bits per heavy atom. The van der Waals surface area contributed by atoms with Crippen LogP contribution in [0.2, 0.25) is 0 Å². The maximum atomic E-state index is 12.4. The largest absolute Gasteiger partial charge is 0.443 e. The first kappa shape index (κ1) is 17.1. The summed E-state index contributed by atoms with van der Waals surface area (Å²) in [6.45, 7) is 5.56. The second-order valence-electron chi connectivity index (χ2n) is 7.58. The summed E-state index contributed by atoms with van der Waals surface area (Å²) in [5.74, 6) is 0. The predicted molar refractivity (Wildman–Crippen MR) is 107 cm³/mol. The van der Waals surface area contributed by atoms with Gasteiger partial charge in [0.25, 0.3) is 0 Å². The lowest BCUT2D eigenvalue weighted by molar-refractivity contribution is 0.0589. The molecule has 1 amide bonds. The summed E-state index contributed by atoms with van der Waals surface area (Å²) in [4.78, 5) is 21.6. The average molecular weight is 362 g/mol. The van der Waals surface area contributed by atoms with E-state index in [0.717, 1.165) is 33.5 Å². The number of carbonyl (C=O) groups excluding carboxylic acids is 1. The molecule has 3 heterocycles. The van der Waals surface area contributed by atoms with Crippen LogP contribution in [0.15, 0.2) is 55.0 Å². The number of nitrogens with zero attached hydrogens (tertiary/aromatic N) is 3. The maximum Gasteiger partial charge on any atom is 0.414 e. The zero-order chi connectivity index (χ0) is 19.2. The highest BCUT2D eigenvalue weighted by Crippen LogP contribution is 2.27. The van der Waals surface area contributed by atoms with Crippen molar-refractivity contribution in [1.82, 2.24) is 14.4 Å². The number of rotatable bonds is 2. The Labute approximate surface area is 157 Å². The highest BCUT2D eigenvalue weighted by molar-refractivity contribution is 5.88. The molecule has 1 N–H and O–H groups in total. The Hall–Kier alpha value is -3.28. The van der Waals surface area contributed by atoms with E-state index in [0.29, 0.717) is 0 Å². The number of hydrogen-bond donors (Lipinski definition) is 1. The minimum atomic E-state index is -0.540. The summed E-state index contributed by atoms with van der Waals surface area (Å²) in [5, 5.41) is 1.14. The van der Waals surface area contributed by atoms with Crippen LogP contribution >= 0.6 is 0 Å². The highest BCUT2D eigenvalue weighted by atomic mass is 16.6. The Kier molecular flexibility index (Phi) is 3.91. The molecule has 6 nitrogen and oxygen atoms in total. The van der Waals surface area contributed by atoms with Gasteiger partial charge in [-0.2, -0.15) is 0 Å². The fourth-order valence-corrected chi connectivity index (χ4v) is 3.03. The third-order valence-corrected chi connectivity index (χ3v) is 4.39. The molecule has 0 atom stereocenters. The quantitative estimate of drug-likeness (QED) is 0.554. The number of H-pyrrole nitrogens is 1. The van der Waals surface area contributed by atoms with Crippen LogP contribution in [0.4, 0.5) is 10.5 Å². The van der Waals surface area contributed by atoms with Crippen molar-refractivity contribution in [3.63, 3.8) is 0 Å². The zero-order valence-electron chi connectivity index (χ0n) is 15.9. The van der Waals surface area contributed by atoms with Crippen LogP contribution in [0.25, 0.3) is 27.8 Å². The smallest absolute Gasteiger partial charge is 0.414 e. The molecule has 0 saturated heterocycles. The Bertz CT molecular complexity index is 1130. The Morgan fingerprint density at radius 2 is 2.00 bits per heavy atom. The number of nitrogens with one attached hydrogen (secondary N) is 1. The van der Waals surface area contributed by atoms with Crippen molar-refractivity contribution in [2.24, 2.45) is 0 Å². The van der Waals surface area contributed by atoms with Crippen LogP contribution in [-0.4, -0.2) is 33.1 Å². The van der Waals surface area contributed by atoms with Gasteiger partial charge in [-0.05, 0) is 51.1 Å². The van der Waals surface area contributed by atoms with Crippen molar-refractivity contribution in [1.29, 1.82) is 0 Å². The van der Waals surface area contributed by atoms with Gasteiger partial charge >= 0.3 is 6.09 Å². The number of benzene rings is 1. The predicted octanol–water partition coefficient (Wildman–Crippen LogP) is 4.85. The van der Waals surface area contributed by atoms with Crippen molar-refractivity contribution < 1.29 is 9.53 Å². The van der Waals surface area contributed by atoms with E-state index in [2.05, 4.69) is 28.2 Å². The second-order valence-corrected chi connectivity index (χ2v) is 7.58. The molecule has 0 aliphatic carbocycles. The van der Waals surface area contributed by atoms with Crippen molar-refractivity contribution in [3.8, 4) is 11.3 Å². The average Bonchev–Trinajstić information content (AvgIpc) is 3.24. The van der Waals surface area contributed by atoms with Gasteiger partial charge in [0.05, 0.1) is 17.6 Å². The number of hydrogen-bond acceptors (Lipinski definition) is 3. The molecule has 0 radical (unpaired) electrons. The monoisotopic (exact) mass is 362 g/mol. The number of anilines is 1. The summed E-state index contributed by atoms with van der Waals surface area (Å²) in [5.41, 5.74) is 4.14. The Morgan fingerprint density at radius 3 is 2.78 bits per heavy atom. The number of ether oxygens (including phenoxy) is 1. The number of aromatic nitrogens is 3. The molecular weight excluding hydrogens is 340 g/mol. The number of amides is 1. The van der Waals surface area contributed by atoms with Crippen molar-refractivity contribution in [3.05, 3.63) is 55.0 Å². The van der Waals surface area contributed by atoms with Gasteiger partial charge in [0.2, 0.25) is 0 Å². The molecule has 0 aliphatic heterocycles. The number of carbonyl (C=O) groups is 1. The fourth-order valence-electron chi connectivity index (χ4n) is 3.03. The summed E-state index contributed by atoms with van der Waals surface area (Å²) >= 11 is 0. The van der Waals surface area contributed by atoms with Crippen LogP contribution in [0.3, 0.4) is 0 Å². The summed E-state index contributed by atoms with van der Waals surface area (Å²) < 4.78 is 7.45. The topological polar surface area (TPSA) is 62.6 Å². The van der Waals surface area contributed by atoms with E-state index >= 15 is 0 Å². The molecule has 27 heavy (non-hydrogen) atoms. The van der Waals surface area contributed by atoms with E-state index in [-0.39, 0.29) is 0 Å². The summed E-state index contributed by atoms with van der Waals surface area (Å²) in [6.07, 6.45) is 5.29. The molecule has 1 aromatic carbocycles. The first-order valence-corrected chi connectivity index (χ1v) is 8.83. The molecule has 6 heteroatoms. The van der Waals surface area contributed by atoms with E-state index in [1.54, 1.807) is 7.05 Å². The first-order valence-electron chi connectivity index (χ1n) is 8.83. The van der Waals surface area contributed by atoms with Gasteiger partial charge in [0.15, 0.2) is 0 Å². The third-order valence-electron chi connectivity index (χ3n) is 4.39. The molecule has 0 saturated carbocycles. The molecule has 0 fully saturated rings. The molecule has 0 bridgehead atoms. The lowest BCUT2D eigenvalue weighted by Gasteiger charge is -2.24. The van der Waals surface area contributed by atoms with Crippen molar-refractivity contribution in [2.45, 2.75) is 26.4 Å². The van der Waals surface area contributed by atoms with Gasteiger partial charge < -0.3 is 9.72 Å². The van der Waals surface area contributed by atoms with Gasteiger partial charge in [0.1, 0.15) is 11.2 Å². The maximum absolute atomic E-state index is 12.4. The Balaban J connectivity index is 1.73.